The van der Waals surface area contributed by atoms with E-state index in [1.807, 2.05) is 18.2 Å². The highest BCUT2D eigenvalue weighted by Gasteiger charge is 2.21. The first kappa shape index (κ1) is 18.8. The number of carbonyl (C=O) groups excluding carboxylic acids is 2. The van der Waals surface area contributed by atoms with Gasteiger partial charge in [-0.25, -0.2) is 0 Å². The van der Waals surface area contributed by atoms with Crippen molar-refractivity contribution in [2.45, 2.75) is 4.90 Å². The van der Waals surface area contributed by atoms with E-state index in [4.69, 9.17) is 16.3 Å². The number of morpholine rings is 1. The Morgan fingerprint density at radius 3 is 2.54 bits per heavy atom. The van der Waals surface area contributed by atoms with Crippen LogP contribution < -0.4 is 5.32 Å². The molecule has 1 saturated heterocycles. The van der Waals surface area contributed by atoms with E-state index in [0.29, 0.717) is 42.6 Å². The quantitative estimate of drug-likeness (QED) is 0.793. The Labute approximate surface area is 161 Å². The van der Waals surface area contributed by atoms with Crippen LogP contribution in [0, 0.1) is 0 Å². The third-order valence-electron chi connectivity index (χ3n) is 3.93. The Morgan fingerprint density at radius 2 is 1.77 bits per heavy atom. The maximum Gasteiger partial charge on any atom is 0.256 e. The van der Waals surface area contributed by atoms with Crippen molar-refractivity contribution in [1.82, 2.24) is 4.90 Å². The van der Waals surface area contributed by atoms with E-state index in [9.17, 15) is 9.59 Å². The van der Waals surface area contributed by atoms with Crippen molar-refractivity contribution < 1.29 is 14.3 Å². The van der Waals surface area contributed by atoms with Crippen molar-refractivity contribution in [3.8, 4) is 0 Å². The molecule has 0 unspecified atom stereocenters. The van der Waals surface area contributed by atoms with Gasteiger partial charge in [-0.15, -0.1) is 11.8 Å². The van der Waals surface area contributed by atoms with E-state index in [1.54, 1.807) is 35.2 Å². The van der Waals surface area contributed by atoms with Gasteiger partial charge in [0.25, 0.3) is 5.91 Å². The second kappa shape index (κ2) is 9.07. The molecule has 2 amide bonds. The number of ether oxygens (including phenoxy) is 1. The minimum absolute atomic E-state index is 0.0945. The van der Waals surface area contributed by atoms with Gasteiger partial charge < -0.3 is 15.0 Å². The predicted molar refractivity (Wildman–Crippen MR) is 104 cm³/mol. The molecule has 0 radical (unpaired) electrons. The molecule has 2 aromatic rings. The number of amides is 2. The van der Waals surface area contributed by atoms with Gasteiger partial charge in [-0.2, -0.15) is 0 Å². The van der Waals surface area contributed by atoms with E-state index in [0.717, 1.165) is 4.90 Å². The summed E-state index contributed by atoms with van der Waals surface area (Å²) in [5.41, 5.74) is 1.01. The molecular formula is C19H19ClN2O3S. The smallest absolute Gasteiger partial charge is 0.256 e. The summed E-state index contributed by atoms with van der Waals surface area (Å²) in [6, 6.07) is 14.5. The molecular weight excluding hydrogens is 372 g/mol. The van der Waals surface area contributed by atoms with Crippen molar-refractivity contribution in [3.63, 3.8) is 0 Å². The number of thioether (sulfide) groups is 1. The average Bonchev–Trinajstić information content (AvgIpc) is 2.68. The van der Waals surface area contributed by atoms with Gasteiger partial charge in [0.05, 0.1) is 35.2 Å². The number of halogens is 1. The molecule has 0 aliphatic carbocycles. The van der Waals surface area contributed by atoms with Gasteiger partial charge in [0.2, 0.25) is 5.91 Å². The van der Waals surface area contributed by atoms with E-state index in [-0.39, 0.29) is 17.6 Å². The zero-order valence-electron chi connectivity index (χ0n) is 14.1. The maximum absolute atomic E-state index is 12.7. The number of carbonyl (C=O) groups is 2. The molecule has 5 nitrogen and oxygen atoms in total. The molecule has 1 aliphatic heterocycles. The SMILES string of the molecule is O=C(CSc1ccccc1Cl)Nc1ccccc1C(=O)N1CCOCC1. The van der Waals surface area contributed by atoms with Crippen molar-refractivity contribution in [1.29, 1.82) is 0 Å². The summed E-state index contributed by atoms with van der Waals surface area (Å²) in [4.78, 5) is 27.6. The normalized spacial score (nSPS) is 14.1. The highest BCUT2D eigenvalue weighted by atomic mass is 35.5. The third kappa shape index (κ3) is 4.78. The lowest BCUT2D eigenvalue weighted by atomic mass is 10.1. The van der Waals surface area contributed by atoms with Crippen LogP contribution in [0.25, 0.3) is 0 Å². The Kier molecular flexibility index (Phi) is 6.55. The molecule has 26 heavy (non-hydrogen) atoms. The summed E-state index contributed by atoms with van der Waals surface area (Å²) in [7, 11) is 0. The van der Waals surface area contributed by atoms with Gasteiger partial charge in [0.1, 0.15) is 0 Å². The lowest BCUT2D eigenvalue weighted by molar-refractivity contribution is -0.113. The molecule has 1 heterocycles. The molecule has 0 aromatic heterocycles. The summed E-state index contributed by atoms with van der Waals surface area (Å²) < 4.78 is 5.29. The zero-order valence-corrected chi connectivity index (χ0v) is 15.7. The highest BCUT2D eigenvalue weighted by Crippen LogP contribution is 2.27. The fourth-order valence-electron chi connectivity index (χ4n) is 2.61. The fraction of sp³-hybridized carbons (Fsp3) is 0.263. The second-order valence-electron chi connectivity index (χ2n) is 5.72. The molecule has 1 fully saturated rings. The highest BCUT2D eigenvalue weighted by molar-refractivity contribution is 8.00. The average molecular weight is 391 g/mol. The van der Waals surface area contributed by atoms with Crippen LogP contribution in [-0.4, -0.2) is 48.8 Å². The Hall–Kier alpha value is -2.02. The summed E-state index contributed by atoms with van der Waals surface area (Å²) >= 11 is 7.47. The summed E-state index contributed by atoms with van der Waals surface area (Å²) in [6.07, 6.45) is 0. The van der Waals surface area contributed by atoms with Crippen molar-refractivity contribution in [2.75, 3.05) is 37.4 Å². The first-order valence-corrected chi connectivity index (χ1v) is 9.65. The summed E-state index contributed by atoms with van der Waals surface area (Å²) in [6.45, 7) is 2.19. The molecule has 0 atom stereocenters. The summed E-state index contributed by atoms with van der Waals surface area (Å²) in [5, 5.41) is 3.46. The number of benzene rings is 2. The van der Waals surface area contributed by atoms with Gasteiger partial charge in [-0.3, -0.25) is 9.59 Å². The number of para-hydroxylation sites is 1. The Balaban J connectivity index is 1.65. The van der Waals surface area contributed by atoms with Crippen LogP contribution >= 0.6 is 23.4 Å². The van der Waals surface area contributed by atoms with Crippen LogP contribution in [0.1, 0.15) is 10.4 Å². The molecule has 2 aromatic carbocycles. The predicted octanol–water partition coefficient (Wildman–Crippen LogP) is 3.54. The molecule has 0 saturated carbocycles. The van der Waals surface area contributed by atoms with Gasteiger partial charge in [0.15, 0.2) is 0 Å². The number of nitrogens with one attached hydrogen (secondary N) is 1. The van der Waals surface area contributed by atoms with Crippen LogP contribution in [0.15, 0.2) is 53.4 Å². The van der Waals surface area contributed by atoms with Crippen LogP contribution in [-0.2, 0) is 9.53 Å². The minimum Gasteiger partial charge on any atom is -0.378 e. The van der Waals surface area contributed by atoms with Crippen molar-refractivity contribution in [3.05, 3.63) is 59.1 Å². The molecule has 0 spiro atoms. The third-order valence-corrected chi connectivity index (χ3v) is 5.44. The van der Waals surface area contributed by atoms with Crippen molar-refractivity contribution in [2.24, 2.45) is 0 Å². The molecule has 1 N–H and O–H groups in total. The maximum atomic E-state index is 12.7. The minimum atomic E-state index is -0.183. The Bertz CT molecular complexity index is 794. The van der Waals surface area contributed by atoms with E-state index < -0.39 is 0 Å². The largest absolute Gasteiger partial charge is 0.378 e. The fourth-order valence-corrected chi connectivity index (χ4v) is 3.65. The zero-order chi connectivity index (χ0) is 18.4. The first-order valence-electron chi connectivity index (χ1n) is 8.28. The monoisotopic (exact) mass is 390 g/mol. The molecule has 7 heteroatoms. The van der Waals surface area contributed by atoms with Gasteiger partial charge in [0, 0.05) is 18.0 Å². The molecule has 3 rings (SSSR count). The van der Waals surface area contributed by atoms with E-state index in [1.165, 1.54) is 11.8 Å². The lowest BCUT2D eigenvalue weighted by Crippen LogP contribution is -2.41. The first-order chi connectivity index (χ1) is 12.6. The van der Waals surface area contributed by atoms with E-state index >= 15 is 0 Å². The lowest BCUT2D eigenvalue weighted by Gasteiger charge is -2.27. The van der Waals surface area contributed by atoms with Crippen molar-refractivity contribution >= 4 is 40.9 Å². The number of nitrogens with zero attached hydrogens (tertiary/aromatic N) is 1. The topological polar surface area (TPSA) is 58.6 Å². The number of hydrogen-bond donors (Lipinski definition) is 1. The number of rotatable bonds is 5. The summed E-state index contributed by atoms with van der Waals surface area (Å²) in [5.74, 6) is -0.0656. The van der Waals surface area contributed by atoms with Gasteiger partial charge in [-0.05, 0) is 24.3 Å². The van der Waals surface area contributed by atoms with Crippen LogP contribution in [0.3, 0.4) is 0 Å². The Morgan fingerprint density at radius 1 is 1.08 bits per heavy atom. The number of hydrogen-bond acceptors (Lipinski definition) is 4. The molecule has 136 valence electrons. The van der Waals surface area contributed by atoms with Crippen LogP contribution in [0.2, 0.25) is 5.02 Å². The standard InChI is InChI=1S/C19H19ClN2O3S/c20-15-6-2-4-8-17(15)26-13-18(23)21-16-7-3-1-5-14(16)19(24)22-9-11-25-12-10-22/h1-8H,9-13H2,(H,21,23). The van der Waals surface area contributed by atoms with Crippen LogP contribution in [0.5, 0.6) is 0 Å². The van der Waals surface area contributed by atoms with Gasteiger partial charge in [-0.1, -0.05) is 35.9 Å². The number of anilines is 1. The second-order valence-corrected chi connectivity index (χ2v) is 7.14. The van der Waals surface area contributed by atoms with E-state index in [2.05, 4.69) is 5.32 Å². The van der Waals surface area contributed by atoms with Gasteiger partial charge >= 0.3 is 0 Å². The molecule has 1 aliphatic rings. The van der Waals surface area contributed by atoms with Crippen LogP contribution in [0.4, 0.5) is 5.69 Å². The molecule has 0 bridgehead atoms.